The number of anilines is 1. The van der Waals surface area contributed by atoms with Gasteiger partial charge in [-0.05, 0) is 17.5 Å². The van der Waals surface area contributed by atoms with Gasteiger partial charge in [0.2, 0.25) is 0 Å². The van der Waals surface area contributed by atoms with Crippen LogP contribution in [0.25, 0.3) is 10.8 Å². The second-order valence-corrected chi connectivity index (χ2v) is 3.16. The number of nitrogens with one attached hydrogen (secondary N) is 1. The molecule has 2 aromatic rings. The van der Waals surface area contributed by atoms with E-state index in [9.17, 15) is 0 Å². The van der Waals surface area contributed by atoms with E-state index in [1.807, 2.05) is 24.3 Å². The maximum absolute atomic E-state index is 7.42. The Hall–Kier alpha value is -2.03. The van der Waals surface area contributed by atoms with Crippen LogP contribution in [0.4, 0.5) is 5.69 Å². The number of nitrogens with two attached hydrogens (primary N) is 2. The van der Waals surface area contributed by atoms with Crippen LogP contribution in [0.15, 0.2) is 36.4 Å². The van der Waals surface area contributed by atoms with E-state index in [1.54, 1.807) is 12.1 Å². The van der Waals surface area contributed by atoms with Crippen LogP contribution in [-0.4, -0.2) is 5.84 Å². The summed E-state index contributed by atoms with van der Waals surface area (Å²) in [7, 11) is 0. The van der Waals surface area contributed by atoms with E-state index in [0.29, 0.717) is 5.69 Å². The topological polar surface area (TPSA) is 75.9 Å². The van der Waals surface area contributed by atoms with Gasteiger partial charge in [-0.2, -0.15) is 0 Å². The largest absolute Gasteiger partial charge is 0.398 e. The molecule has 70 valence electrons. The molecule has 3 nitrogen and oxygen atoms in total. The van der Waals surface area contributed by atoms with Crippen molar-refractivity contribution in [3.63, 3.8) is 0 Å². The van der Waals surface area contributed by atoms with Crippen LogP contribution < -0.4 is 11.5 Å². The van der Waals surface area contributed by atoms with E-state index < -0.39 is 0 Å². The molecule has 2 rings (SSSR count). The standard InChI is InChI=1S/C11H11N3/c12-10-6-5-9(11(13)14)7-3-1-2-4-8(7)10/h1-6H,12H2,(H3,13,14). The third-order valence-corrected chi connectivity index (χ3v) is 2.25. The molecule has 0 bridgehead atoms. The van der Waals surface area contributed by atoms with Gasteiger partial charge in [0.05, 0.1) is 0 Å². The number of rotatable bonds is 1. The van der Waals surface area contributed by atoms with Crippen molar-refractivity contribution in [2.75, 3.05) is 5.73 Å². The van der Waals surface area contributed by atoms with Crippen molar-refractivity contribution in [2.24, 2.45) is 5.73 Å². The third kappa shape index (κ3) is 1.19. The summed E-state index contributed by atoms with van der Waals surface area (Å²) in [5.74, 6) is 0.0706. The molecule has 14 heavy (non-hydrogen) atoms. The van der Waals surface area contributed by atoms with Crippen molar-refractivity contribution >= 4 is 22.3 Å². The summed E-state index contributed by atoms with van der Waals surface area (Å²) < 4.78 is 0. The molecule has 0 atom stereocenters. The van der Waals surface area contributed by atoms with Crippen LogP contribution in [-0.2, 0) is 0 Å². The Morgan fingerprint density at radius 1 is 1.00 bits per heavy atom. The van der Waals surface area contributed by atoms with E-state index >= 15 is 0 Å². The predicted molar refractivity (Wildman–Crippen MR) is 59.4 cm³/mol. The average molecular weight is 185 g/mol. The van der Waals surface area contributed by atoms with Crippen molar-refractivity contribution in [3.05, 3.63) is 42.0 Å². The summed E-state index contributed by atoms with van der Waals surface area (Å²) in [6.07, 6.45) is 0. The summed E-state index contributed by atoms with van der Waals surface area (Å²) in [6, 6.07) is 11.2. The molecule has 3 heteroatoms. The number of hydrogen-bond donors (Lipinski definition) is 3. The van der Waals surface area contributed by atoms with E-state index in [-0.39, 0.29) is 5.84 Å². The predicted octanol–water partition coefficient (Wildman–Crippen LogP) is 1.71. The Morgan fingerprint density at radius 2 is 1.64 bits per heavy atom. The molecule has 0 saturated carbocycles. The van der Waals surface area contributed by atoms with Crippen molar-refractivity contribution < 1.29 is 0 Å². The molecule has 0 aliphatic rings. The zero-order valence-electron chi connectivity index (χ0n) is 7.62. The maximum Gasteiger partial charge on any atom is 0.123 e. The molecule has 5 N–H and O–H groups in total. The van der Waals surface area contributed by atoms with Crippen molar-refractivity contribution in [3.8, 4) is 0 Å². The minimum atomic E-state index is 0.0706. The number of fused-ring (bicyclic) bond motifs is 1. The van der Waals surface area contributed by atoms with Gasteiger partial charge in [-0.3, -0.25) is 5.41 Å². The first kappa shape index (κ1) is 8.56. The van der Waals surface area contributed by atoms with Gasteiger partial charge in [0.15, 0.2) is 0 Å². The monoisotopic (exact) mass is 185 g/mol. The molecule has 0 amide bonds. The van der Waals surface area contributed by atoms with Gasteiger partial charge in [-0.15, -0.1) is 0 Å². The highest BCUT2D eigenvalue weighted by atomic mass is 14.7. The highest BCUT2D eigenvalue weighted by molar-refractivity contribution is 6.10. The first-order valence-corrected chi connectivity index (χ1v) is 4.32. The van der Waals surface area contributed by atoms with Gasteiger partial charge in [-0.25, -0.2) is 0 Å². The Kier molecular flexibility index (Phi) is 1.85. The fourth-order valence-electron chi connectivity index (χ4n) is 1.56. The molecular formula is C11H11N3. The van der Waals surface area contributed by atoms with Crippen LogP contribution in [0.5, 0.6) is 0 Å². The summed E-state index contributed by atoms with van der Waals surface area (Å²) in [6.45, 7) is 0. The summed E-state index contributed by atoms with van der Waals surface area (Å²) >= 11 is 0. The van der Waals surface area contributed by atoms with Gasteiger partial charge in [0.25, 0.3) is 0 Å². The van der Waals surface area contributed by atoms with E-state index in [2.05, 4.69) is 0 Å². The van der Waals surface area contributed by atoms with Gasteiger partial charge in [0, 0.05) is 16.6 Å². The zero-order chi connectivity index (χ0) is 10.1. The molecule has 0 unspecified atom stereocenters. The summed E-state index contributed by atoms with van der Waals surface area (Å²) in [4.78, 5) is 0. The van der Waals surface area contributed by atoms with E-state index in [4.69, 9.17) is 16.9 Å². The lowest BCUT2D eigenvalue weighted by Crippen LogP contribution is -2.11. The fraction of sp³-hybridized carbons (Fsp3) is 0. The van der Waals surface area contributed by atoms with Crippen LogP contribution >= 0.6 is 0 Å². The Labute approximate surface area is 81.8 Å². The first-order valence-electron chi connectivity index (χ1n) is 4.32. The third-order valence-electron chi connectivity index (χ3n) is 2.25. The van der Waals surface area contributed by atoms with Crippen LogP contribution in [0.2, 0.25) is 0 Å². The fourth-order valence-corrected chi connectivity index (χ4v) is 1.56. The molecule has 0 aromatic heterocycles. The second kappa shape index (κ2) is 3.03. The number of nitrogen functional groups attached to an aromatic ring is 2. The van der Waals surface area contributed by atoms with Crippen LogP contribution in [0, 0.1) is 5.41 Å². The molecule has 0 aliphatic carbocycles. The highest BCUT2D eigenvalue weighted by Crippen LogP contribution is 2.23. The van der Waals surface area contributed by atoms with E-state index in [0.717, 1.165) is 16.3 Å². The second-order valence-electron chi connectivity index (χ2n) is 3.16. The van der Waals surface area contributed by atoms with Crippen LogP contribution in [0.1, 0.15) is 5.56 Å². The Balaban J connectivity index is 2.88. The molecule has 0 heterocycles. The first-order chi connectivity index (χ1) is 6.70. The molecular weight excluding hydrogens is 174 g/mol. The van der Waals surface area contributed by atoms with Gasteiger partial charge >= 0.3 is 0 Å². The maximum atomic E-state index is 7.42. The van der Waals surface area contributed by atoms with Gasteiger partial charge in [0.1, 0.15) is 5.84 Å². The summed E-state index contributed by atoms with van der Waals surface area (Å²) in [5.41, 5.74) is 12.7. The Bertz CT molecular complexity index is 503. The van der Waals surface area contributed by atoms with Gasteiger partial charge in [-0.1, -0.05) is 24.3 Å². The lowest BCUT2D eigenvalue weighted by atomic mass is 10.0. The lowest BCUT2D eigenvalue weighted by molar-refractivity contribution is 1.44. The summed E-state index contributed by atoms with van der Waals surface area (Å²) in [5, 5.41) is 9.30. The van der Waals surface area contributed by atoms with Crippen molar-refractivity contribution in [1.82, 2.24) is 0 Å². The Morgan fingerprint density at radius 3 is 2.29 bits per heavy atom. The average Bonchev–Trinajstić information content (AvgIpc) is 2.18. The highest BCUT2D eigenvalue weighted by Gasteiger charge is 2.04. The minimum Gasteiger partial charge on any atom is -0.398 e. The molecule has 0 radical (unpaired) electrons. The molecule has 0 fully saturated rings. The smallest absolute Gasteiger partial charge is 0.123 e. The molecule has 0 aliphatic heterocycles. The van der Waals surface area contributed by atoms with Crippen molar-refractivity contribution in [1.29, 1.82) is 5.41 Å². The molecule has 2 aromatic carbocycles. The lowest BCUT2D eigenvalue weighted by Gasteiger charge is -2.06. The zero-order valence-corrected chi connectivity index (χ0v) is 7.62. The quantitative estimate of drug-likeness (QED) is 0.359. The van der Waals surface area contributed by atoms with Gasteiger partial charge < -0.3 is 11.5 Å². The van der Waals surface area contributed by atoms with Crippen molar-refractivity contribution in [2.45, 2.75) is 0 Å². The normalized spacial score (nSPS) is 10.3. The van der Waals surface area contributed by atoms with E-state index in [1.165, 1.54) is 0 Å². The van der Waals surface area contributed by atoms with Crippen LogP contribution in [0.3, 0.4) is 0 Å². The molecule has 0 spiro atoms. The number of amidine groups is 1. The number of hydrogen-bond acceptors (Lipinski definition) is 2. The number of benzene rings is 2. The SMILES string of the molecule is N=C(N)c1ccc(N)c2ccccc12. The minimum absolute atomic E-state index is 0.0706. The molecule has 0 saturated heterocycles.